The van der Waals surface area contributed by atoms with Crippen molar-refractivity contribution in [3.63, 3.8) is 0 Å². The highest BCUT2D eigenvalue weighted by Gasteiger charge is 2.30. The lowest BCUT2D eigenvalue weighted by Gasteiger charge is -2.09. The molecule has 0 atom stereocenters. The quantitative estimate of drug-likeness (QED) is 0.886. The third-order valence-corrected chi connectivity index (χ3v) is 3.26. The number of hydrogen-bond donors (Lipinski definition) is 2. The van der Waals surface area contributed by atoms with Crippen LogP contribution in [0, 0.1) is 0 Å². The molecule has 1 amide bonds. The summed E-state index contributed by atoms with van der Waals surface area (Å²) in [4.78, 5) is 11.9. The number of hydrogen-bond acceptors (Lipinski definition) is 2. The smallest absolute Gasteiger partial charge is 0.396 e. The third kappa shape index (κ3) is 5.10. The molecule has 0 bridgehead atoms. The number of amides is 1. The van der Waals surface area contributed by atoms with Crippen LogP contribution < -0.4 is 5.32 Å². The molecule has 0 aliphatic heterocycles. The zero-order valence-electron chi connectivity index (χ0n) is 12.2. The Bertz CT molecular complexity index is 666. The summed E-state index contributed by atoms with van der Waals surface area (Å²) in [6.07, 6.45) is -4.03. The molecule has 6 heteroatoms. The van der Waals surface area contributed by atoms with Crippen molar-refractivity contribution in [1.29, 1.82) is 0 Å². The van der Waals surface area contributed by atoms with Gasteiger partial charge in [-0.25, -0.2) is 0 Å². The lowest BCUT2D eigenvalue weighted by atomic mass is 10.1. The van der Waals surface area contributed by atoms with Gasteiger partial charge < -0.3 is 10.4 Å². The van der Waals surface area contributed by atoms with Crippen LogP contribution in [-0.2, 0) is 23.8 Å². The van der Waals surface area contributed by atoms with Gasteiger partial charge in [-0.05, 0) is 35.7 Å². The summed E-state index contributed by atoms with van der Waals surface area (Å²) in [5, 5.41) is 11.5. The zero-order valence-corrected chi connectivity index (χ0v) is 12.2. The molecule has 2 aromatic rings. The van der Waals surface area contributed by atoms with Crippen LogP contribution in [0.25, 0.3) is 0 Å². The molecule has 23 heavy (non-hydrogen) atoms. The van der Waals surface area contributed by atoms with Gasteiger partial charge in [0.1, 0.15) is 0 Å². The van der Waals surface area contributed by atoms with Crippen LogP contribution >= 0.6 is 0 Å². The minimum atomic E-state index is -4.42. The molecule has 2 N–H and O–H groups in total. The van der Waals surface area contributed by atoms with Crippen LogP contribution in [0.2, 0.25) is 0 Å². The average Bonchev–Trinajstić information content (AvgIpc) is 2.49. The normalized spacial score (nSPS) is 11.3. The largest absolute Gasteiger partial charge is 0.416 e. The molecule has 0 saturated carbocycles. The fourth-order valence-electron chi connectivity index (χ4n) is 2.13. The van der Waals surface area contributed by atoms with E-state index in [0.717, 1.165) is 17.7 Å². The number of nitrogens with one attached hydrogen (secondary N) is 1. The zero-order chi connectivity index (χ0) is 16.9. The van der Waals surface area contributed by atoms with E-state index in [2.05, 4.69) is 5.32 Å². The summed E-state index contributed by atoms with van der Waals surface area (Å²) >= 11 is 0. The number of aliphatic hydroxyl groups excluding tert-OH is 1. The molecule has 0 aliphatic rings. The summed E-state index contributed by atoms with van der Waals surface area (Å²) in [5.41, 5.74) is 1.03. The Balaban J connectivity index is 1.99. The molecule has 2 aromatic carbocycles. The highest BCUT2D eigenvalue weighted by molar-refractivity contribution is 5.92. The molecule has 122 valence electrons. The Kier molecular flexibility index (Phi) is 5.39. The predicted octanol–water partition coefficient (Wildman–Crippen LogP) is 3.42. The molecule has 0 fully saturated rings. The summed E-state index contributed by atoms with van der Waals surface area (Å²) in [6.45, 7) is 0.0429. The molecule has 0 spiro atoms. The van der Waals surface area contributed by atoms with Gasteiger partial charge in [0.25, 0.3) is 0 Å². The molecular formula is C17H16F3NO2. The predicted molar refractivity (Wildman–Crippen MR) is 81.0 cm³/mol. The first-order valence-electron chi connectivity index (χ1n) is 7.04. The van der Waals surface area contributed by atoms with Gasteiger partial charge in [-0.3, -0.25) is 4.79 Å². The average molecular weight is 323 g/mol. The number of rotatable bonds is 5. The van der Waals surface area contributed by atoms with E-state index in [1.165, 1.54) is 12.1 Å². The van der Waals surface area contributed by atoms with Crippen LogP contribution in [-0.4, -0.2) is 17.6 Å². The Hall–Kier alpha value is -2.34. The first-order valence-corrected chi connectivity index (χ1v) is 7.04. The van der Waals surface area contributed by atoms with Crippen molar-refractivity contribution in [3.8, 4) is 0 Å². The van der Waals surface area contributed by atoms with Crippen molar-refractivity contribution in [2.24, 2.45) is 0 Å². The van der Waals surface area contributed by atoms with Gasteiger partial charge in [0.05, 0.1) is 12.0 Å². The van der Waals surface area contributed by atoms with E-state index in [1.807, 2.05) is 0 Å². The van der Waals surface area contributed by atoms with Crippen LogP contribution in [0.1, 0.15) is 16.7 Å². The number of benzene rings is 2. The highest BCUT2D eigenvalue weighted by atomic mass is 19.4. The first-order chi connectivity index (χ1) is 10.9. The number of aliphatic hydroxyl groups is 1. The maximum absolute atomic E-state index is 12.6. The van der Waals surface area contributed by atoms with E-state index in [-0.39, 0.29) is 18.9 Å². The van der Waals surface area contributed by atoms with Crippen molar-refractivity contribution in [3.05, 3.63) is 65.2 Å². The minimum Gasteiger partial charge on any atom is -0.396 e. The number of alkyl halides is 3. The van der Waals surface area contributed by atoms with Crippen molar-refractivity contribution >= 4 is 11.6 Å². The lowest BCUT2D eigenvalue weighted by molar-refractivity contribution is -0.137. The van der Waals surface area contributed by atoms with Crippen molar-refractivity contribution < 1.29 is 23.1 Å². The second-order valence-corrected chi connectivity index (χ2v) is 5.09. The third-order valence-electron chi connectivity index (χ3n) is 3.26. The molecule has 2 rings (SSSR count). The van der Waals surface area contributed by atoms with Crippen molar-refractivity contribution in [1.82, 2.24) is 0 Å². The molecule has 0 aromatic heterocycles. The first kappa shape index (κ1) is 17.0. The summed E-state index contributed by atoms with van der Waals surface area (Å²) in [7, 11) is 0. The fraction of sp³-hybridized carbons (Fsp3) is 0.235. The Morgan fingerprint density at radius 2 is 1.74 bits per heavy atom. The topological polar surface area (TPSA) is 49.3 Å². The monoisotopic (exact) mass is 323 g/mol. The molecule has 0 unspecified atom stereocenters. The van der Waals surface area contributed by atoms with Crippen LogP contribution in [0.3, 0.4) is 0 Å². The summed E-state index contributed by atoms with van der Waals surface area (Å²) in [5.74, 6) is -0.390. The number of carbonyl (C=O) groups excluding carboxylic acids is 1. The van der Waals surface area contributed by atoms with Gasteiger partial charge >= 0.3 is 6.18 Å². The lowest BCUT2D eigenvalue weighted by Crippen LogP contribution is -2.15. The second kappa shape index (κ2) is 7.28. The van der Waals surface area contributed by atoms with Gasteiger partial charge in [-0.1, -0.05) is 30.3 Å². The number of carbonyl (C=O) groups is 1. The van der Waals surface area contributed by atoms with E-state index in [0.29, 0.717) is 17.7 Å². The molecule has 0 aliphatic carbocycles. The molecule has 0 heterocycles. The van der Waals surface area contributed by atoms with Crippen LogP contribution in [0.4, 0.5) is 18.9 Å². The molecular weight excluding hydrogens is 307 g/mol. The van der Waals surface area contributed by atoms with E-state index in [1.54, 1.807) is 24.3 Å². The van der Waals surface area contributed by atoms with Crippen LogP contribution in [0.5, 0.6) is 0 Å². The van der Waals surface area contributed by atoms with Crippen molar-refractivity contribution in [2.75, 3.05) is 11.9 Å². The Labute approximate surface area is 131 Å². The summed E-state index contributed by atoms with van der Waals surface area (Å²) < 4.78 is 37.9. The standard InChI is InChI=1S/C17H16F3NO2/c18-17(19,20)14-3-1-2-13(10-14)11-16(23)21-15-6-4-12(5-7-15)8-9-22/h1-7,10,22H,8-9,11H2,(H,21,23). The molecule has 0 radical (unpaired) electrons. The van der Waals surface area contributed by atoms with E-state index >= 15 is 0 Å². The SMILES string of the molecule is O=C(Cc1cccc(C(F)(F)F)c1)Nc1ccc(CCO)cc1. The van der Waals surface area contributed by atoms with E-state index < -0.39 is 11.7 Å². The maximum Gasteiger partial charge on any atom is 0.416 e. The van der Waals surface area contributed by atoms with Gasteiger partial charge in [-0.15, -0.1) is 0 Å². The molecule has 3 nitrogen and oxygen atoms in total. The van der Waals surface area contributed by atoms with Crippen LogP contribution in [0.15, 0.2) is 48.5 Å². The maximum atomic E-state index is 12.6. The minimum absolute atomic E-state index is 0.0429. The highest BCUT2D eigenvalue weighted by Crippen LogP contribution is 2.29. The number of halogens is 3. The number of anilines is 1. The second-order valence-electron chi connectivity index (χ2n) is 5.09. The molecule has 0 saturated heterocycles. The van der Waals surface area contributed by atoms with E-state index in [4.69, 9.17) is 5.11 Å². The van der Waals surface area contributed by atoms with E-state index in [9.17, 15) is 18.0 Å². The summed E-state index contributed by atoms with van der Waals surface area (Å²) in [6, 6.07) is 11.6. The van der Waals surface area contributed by atoms with Gasteiger partial charge in [0, 0.05) is 12.3 Å². The fourth-order valence-corrected chi connectivity index (χ4v) is 2.13. The van der Waals surface area contributed by atoms with Gasteiger partial charge in [-0.2, -0.15) is 13.2 Å². The van der Waals surface area contributed by atoms with Gasteiger partial charge in [0.2, 0.25) is 5.91 Å². The Morgan fingerprint density at radius 1 is 1.04 bits per heavy atom. The van der Waals surface area contributed by atoms with Crippen molar-refractivity contribution in [2.45, 2.75) is 19.0 Å². The van der Waals surface area contributed by atoms with Gasteiger partial charge in [0.15, 0.2) is 0 Å². The Morgan fingerprint density at radius 3 is 2.35 bits per heavy atom.